The molecule has 0 saturated heterocycles. The van der Waals surface area contributed by atoms with E-state index in [2.05, 4.69) is 10.1 Å². The van der Waals surface area contributed by atoms with Crippen LogP contribution in [-0.4, -0.2) is 17.3 Å². The van der Waals surface area contributed by atoms with Gasteiger partial charge in [-0.3, -0.25) is 0 Å². The predicted molar refractivity (Wildman–Crippen MR) is 56.2 cm³/mol. The van der Waals surface area contributed by atoms with E-state index in [1.165, 1.54) is 0 Å². The van der Waals surface area contributed by atoms with Gasteiger partial charge < -0.3 is 15.0 Å². The number of methoxy groups -OCH3 is 1. The van der Waals surface area contributed by atoms with E-state index in [-0.39, 0.29) is 6.04 Å². The van der Waals surface area contributed by atoms with Gasteiger partial charge in [0, 0.05) is 7.11 Å². The van der Waals surface area contributed by atoms with Crippen LogP contribution < -0.4 is 5.73 Å². The molecule has 86 valence electrons. The van der Waals surface area contributed by atoms with Crippen molar-refractivity contribution in [1.29, 1.82) is 0 Å². The molecule has 1 aromatic heterocycles. The molecule has 0 amide bonds. The predicted octanol–water partition coefficient (Wildman–Crippen LogP) is 1.75. The van der Waals surface area contributed by atoms with E-state index in [9.17, 15) is 0 Å². The largest absolute Gasteiger partial charge is 0.370 e. The molecule has 15 heavy (non-hydrogen) atoms. The summed E-state index contributed by atoms with van der Waals surface area (Å²) in [6, 6.07) is -0.241. The second-order valence-electron chi connectivity index (χ2n) is 3.65. The van der Waals surface area contributed by atoms with Crippen LogP contribution in [0.25, 0.3) is 0 Å². The lowest BCUT2D eigenvalue weighted by molar-refractivity contribution is -0.0306. The van der Waals surface area contributed by atoms with Crippen LogP contribution in [0.3, 0.4) is 0 Å². The summed E-state index contributed by atoms with van der Waals surface area (Å²) in [4.78, 5) is 4.27. The van der Waals surface area contributed by atoms with Crippen molar-refractivity contribution in [2.75, 3.05) is 7.11 Å². The fourth-order valence-electron chi connectivity index (χ4n) is 1.55. The highest BCUT2D eigenvalue weighted by Crippen LogP contribution is 2.30. The molecule has 1 aromatic rings. The first-order valence-corrected chi connectivity index (χ1v) is 5.24. The van der Waals surface area contributed by atoms with Crippen LogP contribution in [0.5, 0.6) is 0 Å². The third-order valence-electron chi connectivity index (χ3n) is 2.77. The van der Waals surface area contributed by atoms with Crippen molar-refractivity contribution in [2.24, 2.45) is 5.73 Å². The SMILES string of the molecule is CCC(CC)(OC)c1noc([C@H](C)N)n1. The maximum absolute atomic E-state index is 5.66. The zero-order chi connectivity index (χ0) is 11.5. The zero-order valence-electron chi connectivity index (χ0n) is 9.78. The molecule has 1 atom stereocenters. The molecule has 0 saturated carbocycles. The molecule has 1 rings (SSSR count). The standard InChI is InChI=1S/C10H19N3O2/c1-5-10(6-2,14-4)9-12-8(7(3)11)15-13-9/h7H,5-6,11H2,1-4H3/t7-/m0/s1. The highest BCUT2D eigenvalue weighted by molar-refractivity contribution is 5.02. The maximum Gasteiger partial charge on any atom is 0.243 e. The van der Waals surface area contributed by atoms with Crippen LogP contribution in [0, 0.1) is 0 Å². The normalized spacial score (nSPS) is 14.2. The molecule has 0 unspecified atom stereocenters. The van der Waals surface area contributed by atoms with Crippen molar-refractivity contribution in [3.63, 3.8) is 0 Å². The summed E-state index contributed by atoms with van der Waals surface area (Å²) in [7, 11) is 1.66. The minimum atomic E-state index is -0.448. The van der Waals surface area contributed by atoms with Crippen molar-refractivity contribution >= 4 is 0 Å². The van der Waals surface area contributed by atoms with Crippen molar-refractivity contribution < 1.29 is 9.26 Å². The topological polar surface area (TPSA) is 74.2 Å². The molecular formula is C10H19N3O2. The summed E-state index contributed by atoms with van der Waals surface area (Å²) >= 11 is 0. The van der Waals surface area contributed by atoms with Gasteiger partial charge in [-0.2, -0.15) is 4.98 Å². The van der Waals surface area contributed by atoms with E-state index in [4.69, 9.17) is 15.0 Å². The molecule has 0 bridgehead atoms. The minimum absolute atomic E-state index is 0.241. The Hall–Kier alpha value is -0.940. The van der Waals surface area contributed by atoms with Gasteiger partial charge in [0.15, 0.2) is 0 Å². The highest BCUT2D eigenvalue weighted by Gasteiger charge is 2.33. The molecule has 0 spiro atoms. The molecule has 0 aliphatic carbocycles. The maximum atomic E-state index is 5.66. The Kier molecular flexibility index (Phi) is 3.82. The third-order valence-corrected chi connectivity index (χ3v) is 2.77. The Morgan fingerprint density at radius 1 is 1.47 bits per heavy atom. The second kappa shape index (κ2) is 4.72. The first kappa shape index (κ1) is 12.1. The lowest BCUT2D eigenvalue weighted by Gasteiger charge is -2.25. The van der Waals surface area contributed by atoms with E-state index in [1.807, 2.05) is 20.8 Å². The van der Waals surface area contributed by atoms with Gasteiger partial charge in [0.2, 0.25) is 11.7 Å². The quantitative estimate of drug-likeness (QED) is 0.806. The Bertz CT molecular complexity index is 297. The lowest BCUT2D eigenvalue weighted by Crippen LogP contribution is -2.28. The smallest absolute Gasteiger partial charge is 0.243 e. The lowest BCUT2D eigenvalue weighted by atomic mass is 9.96. The number of ether oxygens (including phenoxy) is 1. The van der Waals surface area contributed by atoms with Gasteiger partial charge >= 0.3 is 0 Å². The minimum Gasteiger partial charge on any atom is -0.370 e. The van der Waals surface area contributed by atoms with Gasteiger partial charge in [-0.1, -0.05) is 19.0 Å². The van der Waals surface area contributed by atoms with E-state index in [0.717, 1.165) is 12.8 Å². The number of hydrogen-bond donors (Lipinski definition) is 1. The highest BCUT2D eigenvalue weighted by atomic mass is 16.5. The van der Waals surface area contributed by atoms with Crippen LogP contribution in [-0.2, 0) is 10.3 Å². The molecule has 0 fully saturated rings. The van der Waals surface area contributed by atoms with Crippen LogP contribution in [0.2, 0.25) is 0 Å². The molecule has 0 aromatic carbocycles. The first-order valence-electron chi connectivity index (χ1n) is 5.24. The Balaban J connectivity index is 3.01. The van der Waals surface area contributed by atoms with E-state index in [0.29, 0.717) is 11.7 Å². The van der Waals surface area contributed by atoms with Crippen LogP contribution in [0.1, 0.15) is 51.4 Å². The van der Waals surface area contributed by atoms with Gasteiger partial charge in [0.1, 0.15) is 5.60 Å². The van der Waals surface area contributed by atoms with Gasteiger partial charge in [0.25, 0.3) is 0 Å². The van der Waals surface area contributed by atoms with Gasteiger partial charge in [-0.25, -0.2) is 0 Å². The average Bonchev–Trinajstić information content (AvgIpc) is 2.71. The van der Waals surface area contributed by atoms with Gasteiger partial charge in [-0.05, 0) is 19.8 Å². The van der Waals surface area contributed by atoms with Crippen molar-refractivity contribution in [3.05, 3.63) is 11.7 Å². The molecule has 5 nitrogen and oxygen atoms in total. The summed E-state index contributed by atoms with van der Waals surface area (Å²) in [5.74, 6) is 1.04. The molecule has 0 aliphatic rings. The molecule has 0 radical (unpaired) electrons. The first-order chi connectivity index (χ1) is 7.09. The van der Waals surface area contributed by atoms with E-state index < -0.39 is 5.60 Å². The zero-order valence-corrected chi connectivity index (χ0v) is 9.78. The van der Waals surface area contributed by atoms with Gasteiger partial charge in [-0.15, -0.1) is 0 Å². The van der Waals surface area contributed by atoms with E-state index in [1.54, 1.807) is 7.11 Å². The Morgan fingerprint density at radius 3 is 2.40 bits per heavy atom. The van der Waals surface area contributed by atoms with Crippen molar-refractivity contribution in [2.45, 2.75) is 45.3 Å². The summed E-state index contributed by atoms with van der Waals surface area (Å²) in [6.07, 6.45) is 1.61. The van der Waals surface area contributed by atoms with Gasteiger partial charge in [0.05, 0.1) is 6.04 Å². The third kappa shape index (κ3) is 2.18. The molecule has 0 aliphatic heterocycles. The number of nitrogens with two attached hydrogens (primary N) is 1. The average molecular weight is 213 g/mol. The molecular weight excluding hydrogens is 194 g/mol. The number of rotatable bonds is 5. The fourth-order valence-corrected chi connectivity index (χ4v) is 1.55. The monoisotopic (exact) mass is 213 g/mol. The molecule has 1 heterocycles. The van der Waals surface area contributed by atoms with Crippen molar-refractivity contribution in [3.8, 4) is 0 Å². The van der Waals surface area contributed by atoms with Crippen LogP contribution in [0.4, 0.5) is 0 Å². The summed E-state index contributed by atoms with van der Waals surface area (Å²) in [5, 5.41) is 3.93. The summed E-state index contributed by atoms with van der Waals surface area (Å²) in [5.41, 5.74) is 5.21. The Labute approximate surface area is 90.0 Å². The number of nitrogens with zero attached hydrogens (tertiary/aromatic N) is 2. The number of aromatic nitrogens is 2. The van der Waals surface area contributed by atoms with Crippen LogP contribution in [0.15, 0.2) is 4.52 Å². The summed E-state index contributed by atoms with van der Waals surface area (Å²) in [6.45, 7) is 5.88. The molecule has 5 heteroatoms. The second-order valence-corrected chi connectivity index (χ2v) is 3.65. The Morgan fingerprint density at radius 2 is 2.07 bits per heavy atom. The summed E-state index contributed by atoms with van der Waals surface area (Å²) < 4.78 is 10.6. The molecule has 2 N–H and O–H groups in total. The van der Waals surface area contributed by atoms with E-state index >= 15 is 0 Å². The van der Waals surface area contributed by atoms with Crippen molar-refractivity contribution in [1.82, 2.24) is 10.1 Å². The number of hydrogen-bond acceptors (Lipinski definition) is 5. The van der Waals surface area contributed by atoms with Crippen LogP contribution >= 0.6 is 0 Å². The fraction of sp³-hybridized carbons (Fsp3) is 0.800.